The summed E-state index contributed by atoms with van der Waals surface area (Å²) in [4.78, 5) is 38.0. The lowest BCUT2D eigenvalue weighted by atomic mass is 10.1. The lowest BCUT2D eigenvalue weighted by Gasteiger charge is -2.18. The van der Waals surface area contributed by atoms with Gasteiger partial charge in [0.15, 0.2) is 6.10 Å². The summed E-state index contributed by atoms with van der Waals surface area (Å²) in [7, 11) is 0. The van der Waals surface area contributed by atoms with E-state index in [0.29, 0.717) is 25.7 Å². The largest absolute Gasteiger partial charge is 0.462 e. The maximum Gasteiger partial charge on any atom is 0.306 e. The van der Waals surface area contributed by atoms with E-state index >= 15 is 0 Å². The van der Waals surface area contributed by atoms with Gasteiger partial charge >= 0.3 is 17.9 Å². The minimum absolute atomic E-state index is 0.116. The van der Waals surface area contributed by atoms with Crippen molar-refractivity contribution in [1.29, 1.82) is 0 Å². The standard InChI is InChI=1S/C59H98O6/c1-4-7-10-13-16-19-22-25-28-29-32-35-38-41-44-47-50-53-59(62)65-56(54-63-57(60)51-48-45-42-39-36-33-30-26-23-20-17-14-11-8-5-2)55-64-58(61)52-49-46-43-40-37-34-31-27-24-21-18-15-12-9-6-3/h8,11,17,20,25-28,30-32,35-36,39,41,44,56H,4-7,9-10,12-16,18-19,21-24,29,33-34,37-38,40,42-43,45-55H2,1-3H3/b11-8-,20-17-,28-25-,30-26-,31-27-,35-32-,39-36-,44-41-/t56-/m1/s1. The first-order chi connectivity index (χ1) is 32.0. The third kappa shape index (κ3) is 51.2. The van der Waals surface area contributed by atoms with Crippen molar-refractivity contribution < 1.29 is 28.6 Å². The van der Waals surface area contributed by atoms with Crippen molar-refractivity contribution in [2.24, 2.45) is 0 Å². The smallest absolute Gasteiger partial charge is 0.306 e. The van der Waals surface area contributed by atoms with Gasteiger partial charge in [0.25, 0.3) is 0 Å². The normalized spacial score (nSPS) is 12.8. The van der Waals surface area contributed by atoms with Crippen LogP contribution in [0, 0.1) is 0 Å². The van der Waals surface area contributed by atoms with E-state index in [-0.39, 0.29) is 37.5 Å². The molecule has 0 aromatic heterocycles. The molecule has 0 bridgehead atoms. The summed E-state index contributed by atoms with van der Waals surface area (Å²) >= 11 is 0. The van der Waals surface area contributed by atoms with Crippen LogP contribution in [0.25, 0.3) is 0 Å². The third-order valence-corrected chi connectivity index (χ3v) is 11.0. The van der Waals surface area contributed by atoms with Crippen LogP contribution in [-0.4, -0.2) is 37.2 Å². The zero-order valence-corrected chi connectivity index (χ0v) is 42.2. The van der Waals surface area contributed by atoms with Crippen LogP contribution in [0.2, 0.25) is 0 Å². The molecule has 0 aliphatic heterocycles. The number of hydrogen-bond donors (Lipinski definition) is 0. The molecule has 0 aliphatic carbocycles. The maximum atomic E-state index is 12.8. The number of unbranched alkanes of at least 4 members (excludes halogenated alkanes) is 20. The fourth-order valence-corrected chi connectivity index (χ4v) is 7.03. The van der Waals surface area contributed by atoms with E-state index in [0.717, 1.165) is 89.9 Å². The number of ether oxygens (including phenoxy) is 3. The Labute approximate surface area is 400 Å². The Kier molecular flexibility index (Phi) is 50.0. The molecule has 6 nitrogen and oxygen atoms in total. The van der Waals surface area contributed by atoms with Gasteiger partial charge in [0.05, 0.1) is 0 Å². The predicted molar refractivity (Wildman–Crippen MR) is 279 cm³/mol. The third-order valence-electron chi connectivity index (χ3n) is 11.0. The number of esters is 3. The van der Waals surface area contributed by atoms with Gasteiger partial charge in [-0.15, -0.1) is 0 Å². The monoisotopic (exact) mass is 903 g/mol. The van der Waals surface area contributed by atoms with Gasteiger partial charge in [-0.1, -0.05) is 201 Å². The quantitative estimate of drug-likeness (QED) is 0.0262. The van der Waals surface area contributed by atoms with Crippen LogP contribution < -0.4 is 0 Å². The minimum Gasteiger partial charge on any atom is -0.462 e. The molecule has 0 amide bonds. The Bertz CT molecular complexity index is 1310. The van der Waals surface area contributed by atoms with Crippen LogP contribution in [0.4, 0.5) is 0 Å². The zero-order valence-electron chi connectivity index (χ0n) is 42.2. The fraction of sp³-hybridized carbons (Fsp3) is 0.678. The minimum atomic E-state index is -0.825. The van der Waals surface area contributed by atoms with Crippen molar-refractivity contribution >= 4 is 17.9 Å². The van der Waals surface area contributed by atoms with Gasteiger partial charge in [-0.3, -0.25) is 14.4 Å². The number of rotatable bonds is 47. The highest BCUT2D eigenvalue weighted by atomic mass is 16.6. The van der Waals surface area contributed by atoms with Crippen LogP contribution in [0.1, 0.15) is 239 Å². The van der Waals surface area contributed by atoms with Gasteiger partial charge in [-0.2, -0.15) is 0 Å². The summed E-state index contributed by atoms with van der Waals surface area (Å²) in [5, 5.41) is 0. The Morgan fingerprint density at radius 1 is 0.323 bits per heavy atom. The molecule has 370 valence electrons. The molecule has 0 N–H and O–H groups in total. The summed E-state index contributed by atoms with van der Waals surface area (Å²) in [6.45, 7) is 6.42. The highest BCUT2D eigenvalue weighted by Crippen LogP contribution is 2.12. The van der Waals surface area contributed by atoms with Gasteiger partial charge in [0, 0.05) is 19.3 Å². The first-order valence-electron chi connectivity index (χ1n) is 26.7. The molecule has 0 aromatic carbocycles. The Balaban J connectivity index is 4.55. The highest BCUT2D eigenvalue weighted by Gasteiger charge is 2.19. The summed E-state index contributed by atoms with van der Waals surface area (Å²) < 4.78 is 16.7. The topological polar surface area (TPSA) is 78.9 Å². The molecule has 1 atom stereocenters. The highest BCUT2D eigenvalue weighted by molar-refractivity contribution is 5.71. The summed E-state index contributed by atoms with van der Waals surface area (Å²) in [6, 6.07) is 0. The molecule has 0 heterocycles. The van der Waals surface area contributed by atoms with Crippen LogP contribution in [0.5, 0.6) is 0 Å². The molecule has 0 spiro atoms. The van der Waals surface area contributed by atoms with Crippen molar-refractivity contribution in [2.45, 2.75) is 245 Å². The van der Waals surface area contributed by atoms with Gasteiger partial charge in [0.1, 0.15) is 13.2 Å². The number of hydrogen-bond acceptors (Lipinski definition) is 6. The molecular weight excluding hydrogens is 805 g/mol. The second kappa shape index (κ2) is 52.9. The number of allylic oxidation sites excluding steroid dienone is 16. The molecule has 0 fully saturated rings. The van der Waals surface area contributed by atoms with E-state index in [4.69, 9.17) is 14.2 Å². The Morgan fingerprint density at radius 3 is 1.03 bits per heavy atom. The molecule has 0 saturated carbocycles. The molecule has 0 aromatic rings. The number of carbonyl (C=O) groups is 3. The zero-order chi connectivity index (χ0) is 47.2. The summed E-state index contributed by atoms with van der Waals surface area (Å²) in [6.07, 6.45) is 69.7. The van der Waals surface area contributed by atoms with E-state index in [1.54, 1.807) is 0 Å². The average molecular weight is 903 g/mol. The lowest BCUT2D eigenvalue weighted by Crippen LogP contribution is -2.30. The molecule has 65 heavy (non-hydrogen) atoms. The van der Waals surface area contributed by atoms with E-state index in [2.05, 4.69) is 118 Å². The van der Waals surface area contributed by atoms with Gasteiger partial charge in [-0.05, 0) is 116 Å². The van der Waals surface area contributed by atoms with E-state index < -0.39 is 6.10 Å². The van der Waals surface area contributed by atoms with E-state index in [1.165, 1.54) is 96.3 Å². The van der Waals surface area contributed by atoms with Crippen LogP contribution >= 0.6 is 0 Å². The predicted octanol–water partition coefficient (Wildman–Crippen LogP) is 17.8. The average Bonchev–Trinajstić information content (AvgIpc) is 3.30. The molecule has 0 aliphatic rings. The van der Waals surface area contributed by atoms with Gasteiger partial charge in [-0.25, -0.2) is 0 Å². The van der Waals surface area contributed by atoms with Crippen LogP contribution in [0.15, 0.2) is 97.2 Å². The molecular formula is C59H98O6. The van der Waals surface area contributed by atoms with Gasteiger partial charge in [0.2, 0.25) is 0 Å². The second-order valence-electron chi connectivity index (χ2n) is 17.4. The van der Waals surface area contributed by atoms with Crippen LogP contribution in [0.3, 0.4) is 0 Å². The Morgan fingerprint density at radius 2 is 0.615 bits per heavy atom. The van der Waals surface area contributed by atoms with E-state index in [1.807, 2.05) is 0 Å². The molecule has 0 rings (SSSR count). The first-order valence-corrected chi connectivity index (χ1v) is 26.7. The Hall–Kier alpha value is -3.67. The van der Waals surface area contributed by atoms with E-state index in [9.17, 15) is 14.4 Å². The van der Waals surface area contributed by atoms with Crippen molar-refractivity contribution in [1.82, 2.24) is 0 Å². The lowest BCUT2D eigenvalue weighted by molar-refractivity contribution is -0.167. The molecule has 6 heteroatoms. The maximum absolute atomic E-state index is 12.8. The van der Waals surface area contributed by atoms with Crippen molar-refractivity contribution in [3.63, 3.8) is 0 Å². The van der Waals surface area contributed by atoms with Gasteiger partial charge < -0.3 is 14.2 Å². The van der Waals surface area contributed by atoms with Crippen LogP contribution in [-0.2, 0) is 28.6 Å². The van der Waals surface area contributed by atoms with Crippen molar-refractivity contribution in [2.75, 3.05) is 13.2 Å². The van der Waals surface area contributed by atoms with Crippen molar-refractivity contribution in [3.05, 3.63) is 97.2 Å². The van der Waals surface area contributed by atoms with Crippen molar-refractivity contribution in [3.8, 4) is 0 Å². The second-order valence-corrected chi connectivity index (χ2v) is 17.4. The summed E-state index contributed by atoms with van der Waals surface area (Å²) in [5.74, 6) is -1.02. The first kappa shape index (κ1) is 61.3. The number of carbonyl (C=O) groups excluding carboxylic acids is 3. The summed E-state index contributed by atoms with van der Waals surface area (Å²) in [5.41, 5.74) is 0. The SMILES string of the molecule is CC/C=C\C/C=C\C/C=C\C/C=C\CCCCC(=O)OC[C@H](COC(=O)CCCCCCC/C=C\CCCCCCCC)OC(=O)CCC/C=C\C/C=C\C/C=C\CCCCCCCC. The molecule has 0 radical (unpaired) electrons. The fourth-order valence-electron chi connectivity index (χ4n) is 7.03. The molecule has 0 saturated heterocycles. The molecule has 0 unspecified atom stereocenters.